The van der Waals surface area contributed by atoms with Gasteiger partial charge in [-0.2, -0.15) is 0 Å². The SMILES string of the molecule is Cc1cc(C)c(N2[CH]N(CCC[Si](O)(O)O)CC2)c(C)c1. The van der Waals surface area contributed by atoms with E-state index in [2.05, 4.69) is 49.4 Å². The molecule has 0 unspecified atom stereocenters. The van der Waals surface area contributed by atoms with Crippen molar-refractivity contribution in [1.82, 2.24) is 4.90 Å². The van der Waals surface area contributed by atoms with Gasteiger partial charge in [-0.3, -0.25) is 4.90 Å². The molecule has 0 bridgehead atoms. The summed E-state index contributed by atoms with van der Waals surface area (Å²) in [6.07, 6.45) is 0.589. The molecule has 0 spiro atoms. The molecule has 5 nitrogen and oxygen atoms in total. The third-order valence-corrected chi connectivity index (χ3v) is 4.84. The summed E-state index contributed by atoms with van der Waals surface area (Å²) in [5.41, 5.74) is 5.09. The lowest BCUT2D eigenvalue weighted by molar-refractivity contribution is 0.223. The molecule has 1 aliphatic rings. The zero-order chi connectivity index (χ0) is 15.6. The van der Waals surface area contributed by atoms with E-state index in [9.17, 15) is 0 Å². The van der Waals surface area contributed by atoms with Gasteiger partial charge in [0.1, 0.15) is 6.67 Å². The van der Waals surface area contributed by atoms with Crippen LogP contribution in [0, 0.1) is 27.4 Å². The van der Waals surface area contributed by atoms with E-state index in [1.165, 1.54) is 22.4 Å². The molecule has 1 aromatic rings. The Labute approximate surface area is 127 Å². The molecule has 1 saturated heterocycles. The van der Waals surface area contributed by atoms with Crippen molar-refractivity contribution >= 4 is 14.5 Å². The van der Waals surface area contributed by atoms with E-state index in [1.54, 1.807) is 0 Å². The normalized spacial score (nSPS) is 16.8. The fourth-order valence-corrected chi connectivity index (χ4v) is 3.67. The van der Waals surface area contributed by atoms with E-state index in [0.29, 0.717) is 6.42 Å². The van der Waals surface area contributed by atoms with Crippen LogP contribution in [0.15, 0.2) is 12.1 Å². The molecule has 1 heterocycles. The van der Waals surface area contributed by atoms with Gasteiger partial charge in [0.15, 0.2) is 0 Å². The standard InChI is InChI=1S/C15H25N2O3Si/c1-12-9-13(2)15(14(3)10-12)17-7-6-16(11-17)5-4-8-21(18,19)20/h9-11,18-20H,4-8H2,1-3H3. The van der Waals surface area contributed by atoms with Crippen molar-refractivity contribution in [3.8, 4) is 0 Å². The third-order valence-electron chi connectivity index (χ3n) is 3.81. The summed E-state index contributed by atoms with van der Waals surface area (Å²) >= 11 is 0. The first kappa shape index (κ1) is 16.4. The van der Waals surface area contributed by atoms with Crippen molar-refractivity contribution in [1.29, 1.82) is 0 Å². The Kier molecular flexibility index (Phi) is 5.06. The highest BCUT2D eigenvalue weighted by atomic mass is 28.4. The average molecular weight is 309 g/mol. The fraction of sp³-hybridized carbons (Fsp3) is 0.533. The van der Waals surface area contributed by atoms with Crippen molar-refractivity contribution in [2.24, 2.45) is 0 Å². The van der Waals surface area contributed by atoms with E-state index in [0.717, 1.165) is 19.6 Å². The fourth-order valence-electron chi connectivity index (χ4n) is 3.03. The predicted molar refractivity (Wildman–Crippen MR) is 85.7 cm³/mol. The number of rotatable bonds is 5. The maximum Gasteiger partial charge on any atom is 0.492 e. The molecule has 0 amide bonds. The summed E-state index contributed by atoms with van der Waals surface area (Å²) in [4.78, 5) is 31.5. The lowest BCUT2D eigenvalue weighted by Gasteiger charge is -2.23. The van der Waals surface area contributed by atoms with Gasteiger partial charge in [0.25, 0.3) is 0 Å². The highest BCUT2D eigenvalue weighted by Gasteiger charge is 2.28. The van der Waals surface area contributed by atoms with Crippen LogP contribution in [0.3, 0.4) is 0 Å². The van der Waals surface area contributed by atoms with Crippen LogP contribution in [0.1, 0.15) is 23.1 Å². The number of benzene rings is 1. The highest BCUT2D eigenvalue weighted by Crippen LogP contribution is 2.29. The topological polar surface area (TPSA) is 67.2 Å². The quantitative estimate of drug-likeness (QED) is 0.712. The Balaban J connectivity index is 1.94. The summed E-state index contributed by atoms with van der Waals surface area (Å²) in [7, 11) is -3.89. The third kappa shape index (κ3) is 4.52. The molecule has 1 radical (unpaired) electrons. The van der Waals surface area contributed by atoms with Crippen molar-refractivity contribution in [3.05, 3.63) is 35.5 Å². The van der Waals surface area contributed by atoms with Crippen LogP contribution >= 0.6 is 0 Å². The first-order valence-electron chi connectivity index (χ1n) is 7.37. The molecule has 2 rings (SSSR count). The van der Waals surface area contributed by atoms with Crippen LogP contribution in [-0.2, 0) is 0 Å². The molecular formula is C15H25N2O3Si. The van der Waals surface area contributed by atoms with Crippen LogP contribution < -0.4 is 4.90 Å². The van der Waals surface area contributed by atoms with Crippen molar-refractivity contribution in [2.75, 3.05) is 24.5 Å². The van der Waals surface area contributed by atoms with Crippen molar-refractivity contribution < 1.29 is 14.4 Å². The molecule has 0 atom stereocenters. The zero-order valence-corrected chi connectivity index (χ0v) is 14.0. The Hall–Kier alpha value is -0.923. The second kappa shape index (κ2) is 6.45. The number of hydrogen-bond donors (Lipinski definition) is 3. The van der Waals surface area contributed by atoms with Gasteiger partial charge in [-0.15, -0.1) is 0 Å². The van der Waals surface area contributed by atoms with Crippen LogP contribution in [0.4, 0.5) is 5.69 Å². The Morgan fingerprint density at radius 1 is 1.05 bits per heavy atom. The molecule has 21 heavy (non-hydrogen) atoms. The van der Waals surface area contributed by atoms with Crippen molar-refractivity contribution in [2.45, 2.75) is 33.2 Å². The monoisotopic (exact) mass is 309 g/mol. The van der Waals surface area contributed by atoms with Gasteiger partial charge in [-0.25, -0.2) is 0 Å². The Morgan fingerprint density at radius 2 is 1.67 bits per heavy atom. The van der Waals surface area contributed by atoms with Gasteiger partial charge in [0.05, 0.1) is 0 Å². The largest absolute Gasteiger partial charge is 0.492 e. The van der Waals surface area contributed by atoms with Crippen LogP contribution in [0.5, 0.6) is 0 Å². The van der Waals surface area contributed by atoms with Gasteiger partial charge < -0.3 is 19.3 Å². The van der Waals surface area contributed by atoms with Crippen molar-refractivity contribution in [3.63, 3.8) is 0 Å². The predicted octanol–water partition coefficient (Wildman–Crippen LogP) is 1.16. The van der Waals surface area contributed by atoms with E-state index < -0.39 is 8.80 Å². The summed E-state index contributed by atoms with van der Waals surface area (Å²) in [5, 5.41) is 0. The Morgan fingerprint density at radius 3 is 2.24 bits per heavy atom. The zero-order valence-electron chi connectivity index (χ0n) is 13.0. The van der Waals surface area contributed by atoms with Gasteiger partial charge in [-0.05, 0) is 38.3 Å². The minimum atomic E-state index is -3.89. The summed E-state index contributed by atoms with van der Waals surface area (Å²) in [6.45, 7) is 11.1. The molecule has 0 aliphatic carbocycles. The smallest absolute Gasteiger partial charge is 0.390 e. The second-order valence-electron chi connectivity index (χ2n) is 5.97. The first-order chi connectivity index (χ1) is 9.76. The minimum absolute atomic E-state index is 0.0972. The number of hydrogen-bond acceptors (Lipinski definition) is 5. The molecule has 1 fully saturated rings. The van der Waals surface area contributed by atoms with Gasteiger partial charge in [0.2, 0.25) is 0 Å². The highest BCUT2D eigenvalue weighted by molar-refractivity contribution is 6.56. The Bertz CT molecular complexity index is 479. The van der Waals surface area contributed by atoms with Gasteiger partial charge >= 0.3 is 8.80 Å². The molecule has 0 aromatic heterocycles. The lowest BCUT2D eigenvalue weighted by atomic mass is 10.0. The molecule has 1 aromatic carbocycles. The number of anilines is 1. The summed E-state index contributed by atoms with van der Waals surface area (Å²) < 4.78 is 0. The minimum Gasteiger partial charge on any atom is -0.390 e. The van der Waals surface area contributed by atoms with E-state index in [4.69, 9.17) is 14.4 Å². The molecule has 1 aliphatic heterocycles. The molecule has 0 saturated carbocycles. The van der Waals surface area contributed by atoms with Gasteiger partial charge in [-0.1, -0.05) is 17.7 Å². The van der Waals surface area contributed by atoms with Crippen LogP contribution in [0.2, 0.25) is 6.04 Å². The van der Waals surface area contributed by atoms with E-state index in [-0.39, 0.29) is 6.04 Å². The average Bonchev–Trinajstić information content (AvgIpc) is 2.74. The number of nitrogens with zero attached hydrogens (tertiary/aromatic N) is 2. The lowest BCUT2D eigenvalue weighted by Crippen LogP contribution is -2.35. The van der Waals surface area contributed by atoms with Crippen LogP contribution in [0.25, 0.3) is 0 Å². The van der Waals surface area contributed by atoms with Crippen LogP contribution in [-0.4, -0.2) is 47.7 Å². The molecule has 117 valence electrons. The molecule has 6 heteroatoms. The molecule has 3 N–H and O–H groups in total. The number of aryl methyl sites for hydroxylation is 3. The molecular weight excluding hydrogens is 284 g/mol. The van der Waals surface area contributed by atoms with E-state index in [1.807, 2.05) is 0 Å². The van der Waals surface area contributed by atoms with E-state index >= 15 is 0 Å². The maximum atomic E-state index is 9.03. The summed E-state index contributed by atoms with van der Waals surface area (Å²) in [5.74, 6) is 0. The van der Waals surface area contributed by atoms with Gasteiger partial charge in [0, 0.05) is 31.4 Å². The first-order valence-corrected chi connectivity index (χ1v) is 9.42. The summed E-state index contributed by atoms with van der Waals surface area (Å²) in [6, 6.07) is 4.49. The maximum absolute atomic E-state index is 9.03. The second-order valence-corrected chi connectivity index (χ2v) is 8.02.